The van der Waals surface area contributed by atoms with Crippen LogP contribution in [-0.4, -0.2) is 29.3 Å². The van der Waals surface area contributed by atoms with Crippen LogP contribution in [0.4, 0.5) is 10.5 Å². The predicted octanol–water partition coefficient (Wildman–Crippen LogP) is 3.09. The van der Waals surface area contributed by atoms with Crippen LogP contribution in [0.1, 0.15) is 44.1 Å². The number of aliphatic hydroxyl groups is 1. The number of nitrogens with zero attached hydrogens (tertiary/aromatic N) is 1. The van der Waals surface area contributed by atoms with Crippen molar-refractivity contribution < 1.29 is 9.90 Å². The zero-order valence-electron chi connectivity index (χ0n) is 14.1. The molecule has 1 aliphatic heterocycles. The lowest BCUT2D eigenvalue weighted by molar-refractivity contribution is -0.136. The van der Waals surface area contributed by atoms with Crippen molar-refractivity contribution in [1.82, 2.24) is 5.32 Å². The number of carbonyl (C=O) groups excluding carboxylic acids is 1. The molecule has 1 aromatic rings. The van der Waals surface area contributed by atoms with Gasteiger partial charge in [-0.3, -0.25) is 4.90 Å². The topological polar surface area (TPSA) is 52.6 Å². The van der Waals surface area contributed by atoms with Gasteiger partial charge in [-0.25, -0.2) is 4.79 Å². The maximum Gasteiger partial charge on any atom is 0.322 e. The largest absolute Gasteiger partial charge is 0.390 e. The molecule has 5 aliphatic rings. The molecule has 6 rings (SSSR count). The summed E-state index contributed by atoms with van der Waals surface area (Å²) in [5.74, 6) is 1.60. The normalized spacial score (nSPS) is 39.6. The summed E-state index contributed by atoms with van der Waals surface area (Å²) in [7, 11) is 0. The van der Waals surface area contributed by atoms with Crippen LogP contribution in [0.25, 0.3) is 0 Å². The van der Waals surface area contributed by atoms with E-state index in [1.165, 1.54) is 18.4 Å². The van der Waals surface area contributed by atoms with Crippen LogP contribution in [0.5, 0.6) is 0 Å². The van der Waals surface area contributed by atoms with Crippen molar-refractivity contribution in [2.24, 2.45) is 17.8 Å². The average Bonchev–Trinajstić information content (AvgIpc) is 2.56. The lowest BCUT2D eigenvalue weighted by atomic mass is 9.52. The number of carbonyl (C=O) groups is 1. The molecule has 2 N–H and O–H groups in total. The van der Waals surface area contributed by atoms with Crippen LogP contribution in [0.3, 0.4) is 0 Å². The van der Waals surface area contributed by atoms with Crippen molar-refractivity contribution in [2.45, 2.75) is 56.6 Å². The second kappa shape index (κ2) is 5.22. The van der Waals surface area contributed by atoms with Crippen molar-refractivity contribution in [2.75, 3.05) is 11.4 Å². The molecule has 24 heavy (non-hydrogen) atoms. The molecule has 2 amide bonds. The van der Waals surface area contributed by atoms with Crippen LogP contribution >= 0.6 is 0 Å². The van der Waals surface area contributed by atoms with Crippen molar-refractivity contribution in [3.8, 4) is 0 Å². The number of hydrogen-bond donors (Lipinski definition) is 2. The van der Waals surface area contributed by atoms with Gasteiger partial charge in [-0.2, -0.15) is 0 Å². The lowest BCUT2D eigenvalue weighted by Gasteiger charge is -2.58. The number of rotatable bonds is 1. The molecule has 4 heteroatoms. The number of aryl methyl sites for hydroxylation is 1. The summed E-state index contributed by atoms with van der Waals surface area (Å²) in [5, 5.41) is 14.1. The zero-order valence-corrected chi connectivity index (χ0v) is 14.1. The lowest BCUT2D eigenvalue weighted by Crippen LogP contribution is -2.63. The number of nitrogens with one attached hydrogen (secondary N) is 1. The second-order valence-electron chi connectivity index (χ2n) is 8.55. The fraction of sp³-hybridized carbons (Fsp3) is 0.650. The highest BCUT2D eigenvalue weighted by molar-refractivity contribution is 5.93. The number of anilines is 1. The standard InChI is InChI=1S/C20H26N2O2/c23-19(22-7-3-5-14-4-1-2-6-17(14)22)21-18-15-8-13-9-16(18)12-20(24,10-13)11-15/h1-2,4,6,13,15-16,18,24H,3,5,7-12H2,(H,21,23)/t13?,15-,16+,18?,20?. The van der Waals surface area contributed by atoms with E-state index in [0.717, 1.165) is 44.3 Å². The Kier molecular flexibility index (Phi) is 3.21. The average molecular weight is 326 g/mol. The summed E-state index contributed by atoms with van der Waals surface area (Å²) >= 11 is 0. The first-order valence-corrected chi connectivity index (χ1v) is 9.50. The number of fused-ring (bicyclic) bond motifs is 1. The molecule has 0 aromatic heterocycles. The third-order valence-electron chi connectivity index (χ3n) is 6.89. The van der Waals surface area contributed by atoms with E-state index in [1.807, 2.05) is 11.0 Å². The van der Waals surface area contributed by atoms with Crippen molar-refractivity contribution in [3.63, 3.8) is 0 Å². The van der Waals surface area contributed by atoms with Gasteiger partial charge in [-0.15, -0.1) is 0 Å². The van der Waals surface area contributed by atoms with Crippen LogP contribution < -0.4 is 10.2 Å². The molecule has 3 unspecified atom stereocenters. The highest BCUT2D eigenvalue weighted by Gasteiger charge is 2.55. The first-order valence-electron chi connectivity index (χ1n) is 9.50. The summed E-state index contributed by atoms with van der Waals surface area (Å²) in [6.07, 6.45) is 7.19. The Balaban J connectivity index is 1.35. The Morgan fingerprint density at radius 3 is 2.67 bits per heavy atom. The van der Waals surface area contributed by atoms with E-state index in [9.17, 15) is 9.90 Å². The monoisotopic (exact) mass is 326 g/mol. The summed E-state index contributed by atoms with van der Waals surface area (Å²) in [6, 6.07) is 8.58. The Morgan fingerprint density at radius 2 is 1.92 bits per heavy atom. The molecule has 4 nitrogen and oxygen atoms in total. The van der Waals surface area contributed by atoms with Crippen molar-refractivity contribution >= 4 is 11.7 Å². The van der Waals surface area contributed by atoms with Gasteiger partial charge in [0.05, 0.1) is 5.60 Å². The minimum Gasteiger partial charge on any atom is -0.390 e. The maximum atomic E-state index is 13.0. The van der Waals surface area contributed by atoms with Crippen LogP contribution in [-0.2, 0) is 6.42 Å². The highest BCUT2D eigenvalue weighted by Crippen LogP contribution is 2.55. The van der Waals surface area contributed by atoms with Crippen LogP contribution in [0, 0.1) is 17.8 Å². The summed E-state index contributed by atoms with van der Waals surface area (Å²) in [5.41, 5.74) is 1.91. The smallest absolute Gasteiger partial charge is 0.322 e. The molecule has 0 spiro atoms. The fourth-order valence-electron chi connectivity index (χ4n) is 6.18. The van der Waals surface area contributed by atoms with Gasteiger partial charge >= 0.3 is 6.03 Å². The van der Waals surface area contributed by atoms with E-state index in [-0.39, 0.29) is 12.1 Å². The molecule has 1 aromatic carbocycles. The van der Waals surface area contributed by atoms with E-state index in [1.54, 1.807) is 0 Å². The Hall–Kier alpha value is -1.55. The number of hydrogen-bond acceptors (Lipinski definition) is 2. The molecule has 4 aliphatic carbocycles. The molecule has 4 bridgehead atoms. The van der Waals surface area contributed by atoms with Crippen molar-refractivity contribution in [3.05, 3.63) is 29.8 Å². The molecule has 4 saturated carbocycles. The van der Waals surface area contributed by atoms with Gasteiger partial charge in [0.1, 0.15) is 0 Å². The highest BCUT2D eigenvalue weighted by atomic mass is 16.3. The van der Waals surface area contributed by atoms with Gasteiger partial charge in [0.15, 0.2) is 0 Å². The number of urea groups is 1. The fourth-order valence-corrected chi connectivity index (χ4v) is 6.18. The molecule has 5 atom stereocenters. The third-order valence-corrected chi connectivity index (χ3v) is 6.89. The molecule has 1 heterocycles. The van der Waals surface area contributed by atoms with E-state index in [0.29, 0.717) is 17.8 Å². The predicted molar refractivity (Wildman–Crippen MR) is 92.9 cm³/mol. The molecule has 128 valence electrons. The van der Waals surface area contributed by atoms with Gasteiger partial charge in [0.2, 0.25) is 0 Å². The van der Waals surface area contributed by atoms with E-state index in [4.69, 9.17) is 0 Å². The molecule has 0 radical (unpaired) electrons. The molecular formula is C20H26N2O2. The summed E-state index contributed by atoms with van der Waals surface area (Å²) < 4.78 is 0. The minimum atomic E-state index is -0.435. The van der Waals surface area contributed by atoms with Gasteiger partial charge in [0.25, 0.3) is 0 Å². The van der Waals surface area contributed by atoms with Crippen LogP contribution in [0.2, 0.25) is 0 Å². The number of amides is 2. The Labute approximate surface area is 143 Å². The van der Waals surface area contributed by atoms with Gasteiger partial charge in [0, 0.05) is 18.3 Å². The Morgan fingerprint density at radius 1 is 1.17 bits per heavy atom. The van der Waals surface area contributed by atoms with Gasteiger partial charge in [-0.05, 0) is 74.3 Å². The minimum absolute atomic E-state index is 0.0617. The molecule has 4 fully saturated rings. The zero-order chi connectivity index (χ0) is 16.3. The van der Waals surface area contributed by atoms with Gasteiger partial charge in [-0.1, -0.05) is 18.2 Å². The van der Waals surface area contributed by atoms with Gasteiger partial charge < -0.3 is 10.4 Å². The van der Waals surface area contributed by atoms with E-state index >= 15 is 0 Å². The van der Waals surface area contributed by atoms with E-state index in [2.05, 4.69) is 23.5 Å². The van der Waals surface area contributed by atoms with Crippen molar-refractivity contribution in [1.29, 1.82) is 0 Å². The number of para-hydroxylation sites is 1. The van der Waals surface area contributed by atoms with Crippen LogP contribution in [0.15, 0.2) is 24.3 Å². The first kappa shape index (κ1) is 14.8. The Bertz CT molecular complexity index is 657. The van der Waals surface area contributed by atoms with E-state index < -0.39 is 5.60 Å². The molecule has 0 saturated heterocycles. The quantitative estimate of drug-likeness (QED) is 0.833. The second-order valence-corrected chi connectivity index (χ2v) is 8.55. The maximum absolute atomic E-state index is 13.0. The molecular weight excluding hydrogens is 300 g/mol. The third kappa shape index (κ3) is 2.26. The summed E-state index contributed by atoms with van der Waals surface area (Å²) in [6.45, 7) is 0.803. The first-order chi connectivity index (χ1) is 11.6. The SMILES string of the molecule is O=C(NC1[C@@H]2CC3C[C@H]1CC(O)(C3)C2)N1CCCc2ccccc21. The summed E-state index contributed by atoms with van der Waals surface area (Å²) in [4.78, 5) is 14.9. The number of benzene rings is 1.